The van der Waals surface area contributed by atoms with E-state index in [1.54, 1.807) is 6.92 Å². The Morgan fingerprint density at radius 3 is 2.83 bits per heavy atom. The number of nitrogens with one attached hydrogen (secondary N) is 1. The molecule has 0 spiro atoms. The summed E-state index contributed by atoms with van der Waals surface area (Å²) in [4.78, 5) is 27.6. The Hall–Kier alpha value is -2.89. The molecule has 1 amide bonds. The van der Waals surface area contributed by atoms with Crippen molar-refractivity contribution in [2.75, 3.05) is 6.54 Å². The fraction of sp³-hybridized carbons (Fsp3) is 0.235. The number of oxazole rings is 1. The van der Waals surface area contributed by atoms with Crippen molar-refractivity contribution in [3.8, 4) is 0 Å². The van der Waals surface area contributed by atoms with E-state index in [2.05, 4.69) is 10.3 Å². The number of hydrogen-bond acceptors (Lipinski definition) is 5. The van der Waals surface area contributed by atoms with Crippen molar-refractivity contribution in [3.63, 3.8) is 0 Å². The first-order valence-electron chi connectivity index (χ1n) is 7.36. The zero-order chi connectivity index (χ0) is 16.2. The summed E-state index contributed by atoms with van der Waals surface area (Å²) >= 11 is 0. The van der Waals surface area contributed by atoms with Crippen molar-refractivity contribution >= 4 is 17.0 Å². The third-order valence-corrected chi connectivity index (χ3v) is 3.30. The molecule has 0 unspecified atom stereocenters. The molecule has 0 aliphatic heterocycles. The first kappa shape index (κ1) is 15.0. The lowest BCUT2D eigenvalue weighted by Gasteiger charge is -2.03. The fourth-order valence-corrected chi connectivity index (χ4v) is 2.27. The fourth-order valence-electron chi connectivity index (χ4n) is 2.27. The highest BCUT2D eigenvalue weighted by molar-refractivity contribution is 5.91. The summed E-state index contributed by atoms with van der Waals surface area (Å²) < 4.78 is 10.8. The molecule has 2 aromatic heterocycles. The van der Waals surface area contributed by atoms with Crippen LogP contribution in [0.15, 0.2) is 50.0 Å². The highest BCUT2D eigenvalue weighted by Crippen LogP contribution is 2.15. The number of para-hydroxylation sites is 2. The number of fused-ring (bicyclic) bond motifs is 1. The van der Waals surface area contributed by atoms with Crippen molar-refractivity contribution in [1.29, 1.82) is 0 Å². The Labute approximate surface area is 132 Å². The molecule has 3 rings (SSSR count). The highest BCUT2D eigenvalue weighted by Gasteiger charge is 2.10. The maximum absolute atomic E-state index is 11.9. The van der Waals surface area contributed by atoms with Gasteiger partial charge in [-0.3, -0.25) is 9.59 Å². The predicted octanol–water partition coefficient (Wildman–Crippen LogP) is 2.45. The predicted molar refractivity (Wildman–Crippen MR) is 84.4 cm³/mol. The van der Waals surface area contributed by atoms with Crippen LogP contribution in [0.5, 0.6) is 0 Å². The van der Waals surface area contributed by atoms with E-state index < -0.39 is 5.91 Å². The molecular weight excluding hydrogens is 296 g/mol. The maximum Gasteiger partial charge on any atom is 0.287 e. The van der Waals surface area contributed by atoms with Gasteiger partial charge in [0.25, 0.3) is 5.91 Å². The SMILES string of the molecule is Cc1cc(=O)cc(C(=O)NCCCc2nc3ccccc3o2)o1. The van der Waals surface area contributed by atoms with Gasteiger partial charge < -0.3 is 14.2 Å². The number of carbonyl (C=O) groups is 1. The number of carbonyl (C=O) groups excluding carboxylic acids is 1. The Morgan fingerprint density at radius 1 is 1.22 bits per heavy atom. The van der Waals surface area contributed by atoms with Crippen molar-refractivity contribution < 1.29 is 13.6 Å². The smallest absolute Gasteiger partial charge is 0.287 e. The lowest BCUT2D eigenvalue weighted by atomic mass is 10.3. The quantitative estimate of drug-likeness (QED) is 0.731. The molecule has 0 saturated heterocycles. The van der Waals surface area contributed by atoms with Crippen LogP contribution >= 0.6 is 0 Å². The van der Waals surface area contributed by atoms with Crippen molar-refractivity contribution in [1.82, 2.24) is 10.3 Å². The van der Waals surface area contributed by atoms with Crippen LogP contribution < -0.4 is 10.7 Å². The van der Waals surface area contributed by atoms with Gasteiger partial charge in [-0.15, -0.1) is 0 Å². The molecular formula is C17H16N2O4. The minimum atomic E-state index is -0.400. The second-order valence-corrected chi connectivity index (χ2v) is 5.20. The van der Waals surface area contributed by atoms with E-state index >= 15 is 0 Å². The summed E-state index contributed by atoms with van der Waals surface area (Å²) in [5.74, 6) is 0.678. The molecule has 6 nitrogen and oxygen atoms in total. The molecule has 0 aliphatic carbocycles. The second kappa shape index (κ2) is 6.48. The molecule has 6 heteroatoms. The highest BCUT2D eigenvalue weighted by atomic mass is 16.4. The van der Waals surface area contributed by atoms with Gasteiger partial charge in [-0.05, 0) is 25.5 Å². The summed E-state index contributed by atoms with van der Waals surface area (Å²) in [6, 6.07) is 10.1. The van der Waals surface area contributed by atoms with Crippen LogP contribution in [0.2, 0.25) is 0 Å². The summed E-state index contributed by atoms with van der Waals surface area (Å²) in [6.07, 6.45) is 1.29. The third kappa shape index (κ3) is 3.66. The number of amides is 1. The average Bonchev–Trinajstić information content (AvgIpc) is 2.93. The zero-order valence-corrected chi connectivity index (χ0v) is 12.7. The van der Waals surface area contributed by atoms with Gasteiger partial charge in [0.1, 0.15) is 11.3 Å². The van der Waals surface area contributed by atoms with Crippen LogP contribution in [0, 0.1) is 6.92 Å². The standard InChI is InChI=1S/C17H16N2O4/c1-11-9-12(20)10-15(22-11)17(21)18-8-4-7-16-19-13-5-2-3-6-14(13)23-16/h2-3,5-6,9-10H,4,7-8H2,1H3,(H,18,21). The van der Waals surface area contributed by atoms with E-state index in [-0.39, 0.29) is 11.2 Å². The second-order valence-electron chi connectivity index (χ2n) is 5.20. The number of hydrogen-bond donors (Lipinski definition) is 1. The molecule has 0 fully saturated rings. The van der Waals surface area contributed by atoms with Crippen molar-refractivity contribution in [2.45, 2.75) is 19.8 Å². The number of nitrogens with zero attached hydrogens (tertiary/aromatic N) is 1. The first-order chi connectivity index (χ1) is 11.1. The van der Waals surface area contributed by atoms with Gasteiger partial charge in [0.05, 0.1) is 0 Å². The molecule has 23 heavy (non-hydrogen) atoms. The van der Waals surface area contributed by atoms with Gasteiger partial charge in [-0.2, -0.15) is 0 Å². The lowest BCUT2D eigenvalue weighted by molar-refractivity contribution is 0.0921. The molecule has 0 saturated carbocycles. The van der Waals surface area contributed by atoms with Crippen LogP contribution in [0.25, 0.3) is 11.1 Å². The average molecular weight is 312 g/mol. The number of aryl methyl sites for hydroxylation is 2. The molecule has 0 aliphatic rings. The summed E-state index contributed by atoms with van der Waals surface area (Å²) in [6.45, 7) is 2.07. The van der Waals surface area contributed by atoms with E-state index in [0.29, 0.717) is 31.0 Å². The van der Waals surface area contributed by atoms with Crippen LogP contribution in [-0.2, 0) is 6.42 Å². The molecule has 118 valence electrons. The molecule has 0 radical (unpaired) electrons. The monoisotopic (exact) mass is 312 g/mol. The van der Waals surface area contributed by atoms with E-state index in [9.17, 15) is 9.59 Å². The Balaban J connectivity index is 1.53. The van der Waals surface area contributed by atoms with E-state index in [0.717, 1.165) is 11.1 Å². The van der Waals surface area contributed by atoms with Gasteiger partial charge in [0.2, 0.25) is 0 Å². The van der Waals surface area contributed by atoms with Gasteiger partial charge in [-0.1, -0.05) is 12.1 Å². The summed E-state index contributed by atoms with van der Waals surface area (Å²) in [7, 11) is 0. The summed E-state index contributed by atoms with van der Waals surface area (Å²) in [5.41, 5.74) is 1.34. The van der Waals surface area contributed by atoms with Gasteiger partial charge >= 0.3 is 0 Å². The topological polar surface area (TPSA) is 85.3 Å². The summed E-state index contributed by atoms with van der Waals surface area (Å²) in [5, 5.41) is 2.72. The largest absolute Gasteiger partial charge is 0.456 e. The van der Waals surface area contributed by atoms with Crippen LogP contribution in [0.4, 0.5) is 0 Å². The van der Waals surface area contributed by atoms with E-state index in [1.807, 2.05) is 24.3 Å². The van der Waals surface area contributed by atoms with Gasteiger partial charge in [0.15, 0.2) is 22.7 Å². The Morgan fingerprint density at radius 2 is 2.04 bits per heavy atom. The Bertz CT molecular complexity index is 862. The van der Waals surface area contributed by atoms with Crippen molar-refractivity contribution in [2.24, 2.45) is 0 Å². The lowest BCUT2D eigenvalue weighted by Crippen LogP contribution is -2.25. The normalized spacial score (nSPS) is 10.8. The van der Waals surface area contributed by atoms with E-state index in [1.165, 1.54) is 12.1 Å². The third-order valence-electron chi connectivity index (χ3n) is 3.30. The minimum absolute atomic E-state index is 0.0249. The van der Waals surface area contributed by atoms with Crippen LogP contribution in [-0.4, -0.2) is 17.4 Å². The van der Waals surface area contributed by atoms with Crippen LogP contribution in [0.1, 0.15) is 28.6 Å². The zero-order valence-electron chi connectivity index (χ0n) is 12.7. The molecule has 2 heterocycles. The maximum atomic E-state index is 11.9. The number of aromatic nitrogens is 1. The molecule has 0 bridgehead atoms. The molecule has 1 aromatic carbocycles. The number of rotatable bonds is 5. The Kier molecular flexibility index (Phi) is 4.23. The molecule has 0 atom stereocenters. The molecule has 1 N–H and O–H groups in total. The number of benzene rings is 1. The van der Waals surface area contributed by atoms with E-state index in [4.69, 9.17) is 8.83 Å². The first-order valence-corrected chi connectivity index (χ1v) is 7.36. The van der Waals surface area contributed by atoms with Gasteiger partial charge in [-0.25, -0.2) is 4.98 Å². The molecule has 3 aromatic rings. The van der Waals surface area contributed by atoms with Gasteiger partial charge in [0, 0.05) is 25.1 Å². The van der Waals surface area contributed by atoms with Crippen molar-refractivity contribution in [3.05, 3.63) is 64.0 Å². The van der Waals surface area contributed by atoms with Crippen LogP contribution in [0.3, 0.4) is 0 Å². The minimum Gasteiger partial charge on any atom is -0.456 e.